The van der Waals surface area contributed by atoms with Gasteiger partial charge in [-0.25, -0.2) is 0 Å². The second-order valence-electron chi connectivity index (χ2n) is 0.158. The fourth-order valence-electron chi connectivity index (χ4n) is 0. The van der Waals surface area contributed by atoms with Gasteiger partial charge >= 0.3 is 79.6 Å². The molecule has 0 aliphatic carbocycles. The van der Waals surface area contributed by atoms with Gasteiger partial charge < -0.3 is 0 Å². The van der Waals surface area contributed by atoms with E-state index in [9.17, 15) is 0 Å². The molecule has 0 saturated heterocycles. The first-order chi connectivity index (χ1) is 1.41. The SMILES string of the molecule is N#[C][Zn].[KH]. The second-order valence-corrected chi connectivity index (χ2v) is 0.822. The van der Waals surface area contributed by atoms with Crippen molar-refractivity contribution in [1.29, 1.82) is 5.26 Å². The van der Waals surface area contributed by atoms with Crippen molar-refractivity contribution in [1.82, 2.24) is 0 Å². The molecule has 0 bridgehead atoms. The Hall–Kier alpha value is 1.75. The van der Waals surface area contributed by atoms with E-state index in [1.54, 1.807) is 0 Å². The van der Waals surface area contributed by atoms with Gasteiger partial charge in [0, 0.05) is 0 Å². The van der Waals surface area contributed by atoms with E-state index in [4.69, 9.17) is 5.26 Å². The van der Waals surface area contributed by atoms with Crippen LogP contribution in [0.15, 0.2) is 0 Å². The van der Waals surface area contributed by atoms with E-state index in [0.29, 0.717) is 0 Å². The summed E-state index contributed by atoms with van der Waals surface area (Å²) in [6.45, 7) is 0. The van der Waals surface area contributed by atoms with Gasteiger partial charge in [-0.3, -0.25) is 0 Å². The Labute approximate surface area is 77.9 Å². The molecular weight excluding hydrogens is 131 g/mol. The number of nitrogens with zero attached hydrogens (tertiary/aromatic N) is 1. The van der Waals surface area contributed by atoms with E-state index in [0.717, 1.165) is 18.3 Å². The Kier molecular flexibility index (Phi) is 20.4. The normalized spacial score (nSPS) is 2.25. The van der Waals surface area contributed by atoms with Gasteiger partial charge in [-0.05, 0) is 0 Å². The van der Waals surface area contributed by atoms with Gasteiger partial charge in [0.2, 0.25) is 0 Å². The molecule has 0 amide bonds. The zero-order chi connectivity index (χ0) is 2.71. The summed E-state index contributed by atoms with van der Waals surface area (Å²) in [6.07, 6.45) is 0. The van der Waals surface area contributed by atoms with Crippen molar-refractivity contribution in [3.8, 4) is 4.66 Å². The molecule has 0 rings (SSSR count). The Balaban J connectivity index is 0. The summed E-state index contributed by atoms with van der Waals surface area (Å²) in [7, 11) is 0. The Morgan fingerprint density at radius 3 is 1.75 bits per heavy atom. The quantitative estimate of drug-likeness (QED) is 0.402. The van der Waals surface area contributed by atoms with Gasteiger partial charge in [0.25, 0.3) is 0 Å². The molecule has 0 radical (unpaired) electrons. The van der Waals surface area contributed by atoms with E-state index >= 15 is 0 Å². The minimum atomic E-state index is 0. The molecule has 1 nitrogen and oxygen atoms in total. The summed E-state index contributed by atoms with van der Waals surface area (Å²) in [5, 5.41) is 7.38. The molecular formula is CHKNZn. The Morgan fingerprint density at radius 1 is 1.75 bits per heavy atom. The second kappa shape index (κ2) is 8.83. The van der Waals surface area contributed by atoms with E-state index in [1.165, 1.54) is 0 Å². The van der Waals surface area contributed by atoms with Crippen molar-refractivity contribution >= 4 is 51.4 Å². The van der Waals surface area contributed by atoms with Gasteiger partial charge in [-0.15, -0.1) is 0 Å². The van der Waals surface area contributed by atoms with Crippen molar-refractivity contribution in [3.63, 3.8) is 0 Å². The summed E-state index contributed by atoms with van der Waals surface area (Å²) in [5.74, 6) is 0. The van der Waals surface area contributed by atoms with Crippen LogP contribution in [0.2, 0.25) is 0 Å². The zero-order valence-electron chi connectivity index (χ0n) is 1.65. The van der Waals surface area contributed by atoms with Gasteiger partial charge in [-0.1, -0.05) is 0 Å². The third kappa shape index (κ3) is 9.26. The molecule has 0 saturated carbocycles. The predicted octanol–water partition coefficient (Wildman–Crippen LogP) is -0.634. The van der Waals surface area contributed by atoms with Crippen molar-refractivity contribution in [2.24, 2.45) is 0 Å². The molecule has 0 N–H and O–H groups in total. The monoisotopic (exact) mass is 130 g/mol. The standard InChI is InChI=1S/CN.K.Zn.H/c1-2;;;. The van der Waals surface area contributed by atoms with Gasteiger partial charge in [-0.2, -0.15) is 0 Å². The maximum absolute atomic E-state index is 7.38. The van der Waals surface area contributed by atoms with Crippen LogP contribution in [0.4, 0.5) is 0 Å². The summed E-state index contributed by atoms with van der Waals surface area (Å²) in [5.41, 5.74) is 0. The van der Waals surface area contributed by atoms with E-state index in [-0.39, 0.29) is 51.4 Å². The van der Waals surface area contributed by atoms with Crippen molar-refractivity contribution in [2.75, 3.05) is 0 Å². The topological polar surface area (TPSA) is 23.8 Å². The van der Waals surface area contributed by atoms with Crippen LogP contribution in [0.3, 0.4) is 0 Å². The van der Waals surface area contributed by atoms with Gasteiger partial charge in [0.1, 0.15) is 0 Å². The van der Waals surface area contributed by atoms with Crippen LogP contribution in [0, 0.1) is 9.93 Å². The minimum absolute atomic E-state index is 0. The fraction of sp³-hybridized carbons (Fsp3) is 0. The van der Waals surface area contributed by atoms with Crippen molar-refractivity contribution in [3.05, 3.63) is 0 Å². The first-order valence-electron chi connectivity index (χ1n) is 0.577. The number of hydrogen-bond acceptors (Lipinski definition) is 1. The van der Waals surface area contributed by atoms with Gasteiger partial charge in [0.15, 0.2) is 0 Å². The van der Waals surface area contributed by atoms with Crippen LogP contribution in [0.1, 0.15) is 0 Å². The zero-order valence-corrected chi connectivity index (χ0v) is 4.62. The third-order valence-corrected chi connectivity index (χ3v) is 0. The summed E-state index contributed by atoms with van der Waals surface area (Å²) >= 11 is 0.750. The number of nitriles is 1. The molecule has 0 atom stereocenters. The van der Waals surface area contributed by atoms with Crippen molar-refractivity contribution in [2.45, 2.75) is 0 Å². The molecule has 0 spiro atoms. The van der Waals surface area contributed by atoms with E-state index in [1.807, 2.05) is 4.66 Å². The summed E-state index contributed by atoms with van der Waals surface area (Å²) in [6, 6.07) is 0. The van der Waals surface area contributed by atoms with Crippen LogP contribution in [-0.4, -0.2) is 51.4 Å². The molecule has 0 aromatic rings. The number of hydrogen-bond donors (Lipinski definition) is 0. The van der Waals surface area contributed by atoms with Crippen LogP contribution >= 0.6 is 0 Å². The molecule has 0 aliphatic rings. The fourth-order valence-corrected chi connectivity index (χ4v) is 0. The molecule has 0 fully saturated rings. The van der Waals surface area contributed by atoms with Crippen LogP contribution in [0.25, 0.3) is 0 Å². The summed E-state index contributed by atoms with van der Waals surface area (Å²) in [4.78, 5) is 0. The van der Waals surface area contributed by atoms with Crippen LogP contribution in [0.5, 0.6) is 0 Å². The molecule has 0 aliphatic heterocycles. The molecule has 0 heterocycles. The Morgan fingerprint density at radius 2 is 1.75 bits per heavy atom. The van der Waals surface area contributed by atoms with E-state index < -0.39 is 0 Å². The van der Waals surface area contributed by atoms with E-state index in [2.05, 4.69) is 0 Å². The molecule has 0 aromatic heterocycles. The molecule has 0 aromatic carbocycles. The van der Waals surface area contributed by atoms with Crippen molar-refractivity contribution < 1.29 is 18.3 Å². The summed E-state index contributed by atoms with van der Waals surface area (Å²) < 4.78 is 1.88. The first kappa shape index (κ1) is 9.23. The molecule has 13 valence electrons. The average Bonchev–Trinajstić information content (AvgIpc) is 0.918. The Bertz CT molecular complexity index is 29.5. The molecule has 3 heteroatoms. The average molecular weight is 132 g/mol. The van der Waals surface area contributed by atoms with Crippen LogP contribution < -0.4 is 0 Å². The van der Waals surface area contributed by atoms with Crippen LogP contribution in [-0.2, 0) is 18.3 Å². The molecule has 4 heavy (non-hydrogen) atoms. The maximum atomic E-state index is 7.38. The first-order valence-corrected chi connectivity index (χ1v) is 2.06. The predicted molar refractivity (Wildman–Crippen MR) is 12.8 cm³/mol. The third-order valence-electron chi connectivity index (χ3n) is 0. The number of rotatable bonds is 0. The molecule has 0 unspecified atom stereocenters. The van der Waals surface area contributed by atoms with Gasteiger partial charge in [0.05, 0.1) is 0 Å².